The number of ether oxygens (including phenoxy) is 2. The first-order valence-electron chi connectivity index (χ1n) is 3.24. The summed E-state index contributed by atoms with van der Waals surface area (Å²) in [6.45, 7) is 0.0748. The molecule has 1 aliphatic rings. The molecule has 0 fully saturated rings. The highest BCUT2D eigenvalue weighted by Crippen LogP contribution is 2.51. The Bertz CT molecular complexity index is 342. The monoisotopic (exact) mass is 258 g/mol. The number of rotatable bonds is 0. The molecule has 0 amide bonds. The van der Waals surface area contributed by atoms with Crippen molar-refractivity contribution < 1.29 is 9.47 Å². The maximum Gasteiger partial charge on any atom is 0.231 e. The van der Waals surface area contributed by atoms with E-state index < -0.39 is 0 Å². The summed E-state index contributed by atoms with van der Waals surface area (Å²) in [4.78, 5) is 0. The normalized spacial score (nSPS) is 13.5. The number of hydrogen-bond donors (Lipinski definition) is 0. The second kappa shape index (κ2) is 3.28. The highest BCUT2D eigenvalue weighted by atomic mass is 35.5. The molecule has 2 nitrogen and oxygen atoms in total. The smallest absolute Gasteiger partial charge is 0.231 e. The Balaban J connectivity index is 2.77. The van der Waals surface area contributed by atoms with E-state index >= 15 is 0 Å². The first-order chi connectivity index (χ1) is 6.13. The Kier molecular flexibility index (Phi) is 2.41. The van der Waals surface area contributed by atoms with Crippen molar-refractivity contribution in [1.29, 1.82) is 0 Å². The van der Waals surface area contributed by atoms with Gasteiger partial charge in [0.2, 0.25) is 6.79 Å². The van der Waals surface area contributed by atoms with Gasteiger partial charge in [-0.2, -0.15) is 0 Å². The van der Waals surface area contributed by atoms with E-state index in [4.69, 9.17) is 55.9 Å². The van der Waals surface area contributed by atoms with Gasteiger partial charge in [0.25, 0.3) is 0 Å². The molecule has 0 radical (unpaired) electrons. The van der Waals surface area contributed by atoms with Crippen LogP contribution in [0.15, 0.2) is 0 Å². The van der Waals surface area contributed by atoms with Crippen LogP contribution in [0.25, 0.3) is 0 Å². The van der Waals surface area contributed by atoms with Crippen molar-refractivity contribution in [3.8, 4) is 11.5 Å². The van der Waals surface area contributed by atoms with Crippen molar-refractivity contribution in [2.45, 2.75) is 0 Å². The molecule has 1 aliphatic heterocycles. The van der Waals surface area contributed by atoms with Gasteiger partial charge in [-0.15, -0.1) is 0 Å². The van der Waals surface area contributed by atoms with Crippen molar-refractivity contribution >= 4 is 46.4 Å². The topological polar surface area (TPSA) is 18.5 Å². The van der Waals surface area contributed by atoms with Crippen molar-refractivity contribution in [3.05, 3.63) is 20.1 Å². The molecule has 13 heavy (non-hydrogen) atoms. The second-order valence-corrected chi connectivity index (χ2v) is 3.83. The van der Waals surface area contributed by atoms with Gasteiger partial charge >= 0.3 is 0 Å². The maximum atomic E-state index is 5.84. The Morgan fingerprint density at radius 3 is 1.46 bits per heavy atom. The molecule has 6 heteroatoms. The molecule has 2 rings (SSSR count). The molecule has 0 saturated heterocycles. The first-order valence-corrected chi connectivity index (χ1v) is 4.75. The quantitative estimate of drug-likeness (QED) is 0.517. The summed E-state index contributed by atoms with van der Waals surface area (Å²) in [5.74, 6) is 0.696. The summed E-state index contributed by atoms with van der Waals surface area (Å²) >= 11 is 23.2. The lowest BCUT2D eigenvalue weighted by atomic mass is 10.3. The van der Waals surface area contributed by atoms with Crippen LogP contribution in [-0.2, 0) is 0 Å². The zero-order valence-electron chi connectivity index (χ0n) is 6.04. The third-order valence-electron chi connectivity index (χ3n) is 1.59. The molecule has 0 unspecified atom stereocenters. The van der Waals surface area contributed by atoms with Crippen LogP contribution < -0.4 is 9.47 Å². The maximum absolute atomic E-state index is 5.84. The van der Waals surface area contributed by atoms with Gasteiger partial charge in [-0.05, 0) is 0 Å². The summed E-state index contributed by atoms with van der Waals surface area (Å²) in [6, 6.07) is 0. The van der Waals surface area contributed by atoms with E-state index in [0.29, 0.717) is 11.5 Å². The van der Waals surface area contributed by atoms with E-state index in [1.807, 2.05) is 0 Å². The Hall–Kier alpha value is -0.0200. The lowest BCUT2D eigenvalue weighted by molar-refractivity contribution is 0.174. The van der Waals surface area contributed by atoms with E-state index in [9.17, 15) is 0 Å². The standard InChI is InChI=1S/C7H2Cl4O2/c8-2-3(9)5(11)7-6(4(2)10)12-1-13-7/h1H2. The average Bonchev–Trinajstić information content (AvgIpc) is 2.59. The molecule has 0 N–H and O–H groups in total. The molecule has 0 atom stereocenters. The molecule has 0 aromatic heterocycles. The van der Waals surface area contributed by atoms with E-state index in [-0.39, 0.29) is 26.9 Å². The number of fused-ring (bicyclic) bond motifs is 1. The van der Waals surface area contributed by atoms with Crippen molar-refractivity contribution in [3.63, 3.8) is 0 Å². The first kappa shape index (κ1) is 9.53. The van der Waals surface area contributed by atoms with Crippen LogP contribution in [0.2, 0.25) is 20.1 Å². The minimum atomic E-state index is 0.0748. The van der Waals surface area contributed by atoms with Gasteiger partial charge in [0.05, 0.1) is 10.0 Å². The second-order valence-electron chi connectivity index (χ2n) is 2.32. The van der Waals surface area contributed by atoms with Gasteiger partial charge in [0, 0.05) is 0 Å². The summed E-state index contributed by atoms with van der Waals surface area (Å²) in [6.07, 6.45) is 0. The highest BCUT2D eigenvalue weighted by molar-refractivity contribution is 6.53. The van der Waals surface area contributed by atoms with Gasteiger partial charge in [0.15, 0.2) is 11.5 Å². The van der Waals surface area contributed by atoms with Gasteiger partial charge in [-0.25, -0.2) is 0 Å². The predicted octanol–water partition coefficient (Wildman–Crippen LogP) is 4.03. The summed E-state index contributed by atoms with van der Waals surface area (Å²) in [5.41, 5.74) is 0. The van der Waals surface area contributed by atoms with Gasteiger partial charge in [-0.1, -0.05) is 46.4 Å². The molecule has 70 valence electrons. The molecule has 0 bridgehead atoms. The zero-order chi connectivity index (χ0) is 9.59. The molecular weight excluding hydrogens is 258 g/mol. The van der Waals surface area contributed by atoms with Gasteiger partial charge in [-0.3, -0.25) is 0 Å². The van der Waals surface area contributed by atoms with E-state index in [1.54, 1.807) is 0 Å². The minimum Gasteiger partial charge on any atom is -0.452 e. The molecular formula is C7H2Cl4O2. The Morgan fingerprint density at radius 1 is 0.692 bits per heavy atom. The SMILES string of the molecule is Clc1c(Cl)c(Cl)c2c(c1Cl)OCO2. The Labute approximate surface area is 94.2 Å². The molecule has 0 spiro atoms. The molecule has 1 aromatic rings. The van der Waals surface area contributed by atoms with Crippen molar-refractivity contribution in [1.82, 2.24) is 0 Å². The highest BCUT2D eigenvalue weighted by Gasteiger charge is 2.26. The fourth-order valence-electron chi connectivity index (χ4n) is 0.997. The molecule has 1 heterocycles. The van der Waals surface area contributed by atoms with Crippen LogP contribution in [0.1, 0.15) is 0 Å². The molecule has 0 saturated carbocycles. The summed E-state index contributed by atoms with van der Waals surface area (Å²) in [7, 11) is 0. The predicted molar refractivity (Wildman–Crippen MR) is 52.6 cm³/mol. The lowest BCUT2D eigenvalue weighted by Crippen LogP contribution is -1.93. The fourth-order valence-corrected chi connectivity index (χ4v) is 1.92. The summed E-state index contributed by atoms with van der Waals surface area (Å²) < 4.78 is 10.1. The van der Waals surface area contributed by atoms with Gasteiger partial charge in [0.1, 0.15) is 10.0 Å². The Morgan fingerprint density at radius 2 is 1.08 bits per heavy atom. The minimum absolute atomic E-state index is 0.0748. The van der Waals surface area contributed by atoms with Gasteiger partial charge < -0.3 is 9.47 Å². The van der Waals surface area contributed by atoms with Crippen LogP contribution in [0, 0.1) is 0 Å². The van der Waals surface area contributed by atoms with E-state index in [1.165, 1.54) is 0 Å². The zero-order valence-corrected chi connectivity index (χ0v) is 9.06. The largest absolute Gasteiger partial charge is 0.452 e. The molecule has 1 aromatic carbocycles. The summed E-state index contributed by atoms with van der Waals surface area (Å²) in [5, 5.41) is 0.808. The van der Waals surface area contributed by atoms with Crippen molar-refractivity contribution in [2.75, 3.05) is 6.79 Å². The number of benzene rings is 1. The number of hydrogen-bond acceptors (Lipinski definition) is 2. The van der Waals surface area contributed by atoms with Crippen LogP contribution >= 0.6 is 46.4 Å². The van der Waals surface area contributed by atoms with E-state index in [2.05, 4.69) is 0 Å². The lowest BCUT2D eigenvalue weighted by Gasteiger charge is -2.05. The fraction of sp³-hybridized carbons (Fsp3) is 0.143. The third-order valence-corrected chi connectivity index (χ3v) is 3.36. The van der Waals surface area contributed by atoms with Crippen LogP contribution in [-0.4, -0.2) is 6.79 Å². The third kappa shape index (κ3) is 1.33. The average molecular weight is 260 g/mol. The number of halogens is 4. The van der Waals surface area contributed by atoms with Crippen LogP contribution in [0.3, 0.4) is 0 Å². The van der Waals surface area contributed by atoms with Crippen molar-refractivity contribution in [2.24, 2.45) is 0 Å². The van der Waals surface area contributed by atoms with Crippen LogP contribution in [0.4, 0.5) is 0 Å². The van der Waals surface area contributed by atoms with E-state index in [0.717, 1.165) is 0 Å². The van der Waals surface area contributed by atoms with Crippen LogP contribution in [0.5, 0.6) is 11.5 Å². The molecule has 0 aliphatic carbocycles.